The van der Waals surface area contributed by atoms with E-state index in [2.05, 4.69) is 56.7 Å². The van der Waals surface area contributed by atoms with Crippen molar-refractivity contribution in [2.24, 2.45) is 7.05 Å². The number of nitrogens with zero attached hydrogens (tertiary/aromatic N) is 6. The predicted octanol–water partition coefficient (Wildman–Crippen LogP) is 3.97. The van der Waals surface area contributed by atoms with Crippen molar-refractivity contribution in [1.29, 1.82) is 5.26 Å². The third-order valence-electron chi connectivity index (χ3n) is 6.59. The average Bonchev–Trinajstić information content (AvgIpc) is 3.29. The third kappa shape index (κ3) is 4.18. The van der Waals surface area contributed by atoms with Crippen LogP contribution in [0.4, 0.5) is 5.82 Å². The van der Waals surface area contributed by atoms with Crippen LogP contribution < -0.4 is 10.2 Å². The van der Waals surface area contributed by atoms with Crippen LogP contribution in [0.25, 0.3) is 22.2 Å². The molecule has 0 spiro atoms. The van der Waals surface area contributed by atoms with Crippen molar-refractivity contribution in [2.45, 2.75) is 32.4 Å². The van der Waals surface area contributed by atoms with Gasteiger partial charge in [0.25, 0.3) is 0 Å². The van der Waals surface area contributed by atoms with E-state index in [1.807, 2.05) is 42.1 Å². The zero-order valence-corrected chi connectivity index (χ0v) is 19.0. The fraction of sp³-hybridized carbons (Fsp3) is 0.308. The van der Waals surface area contributed by atoms with E-state index in [0.717, 1.165) is 60.5 Å². The second-order valence-electron chi connectivity index (χ2n) is 8.65. The molecular formula is C26H27N7. The second-order valence-corrected chi connectivity index (χ2v) is 8.65. The molecule has 1 aliphatic heterocycles. The first-order valence-electron chi connectivity index (χ1n) is 11.4. The number of rotatable bonds is 5. The van der Waals surface area contributed by atoms with E-state index in [9.17, 15) is 5.26 Å². The molecule has 0 atom stereocenters. The van der Waals surface area contributed by atoms with E-state index in [1.165, 1.54) is 11.1 Å². The number of anilines is 1. The third-order valence-corrected chi connectivity index (χ3v) is 6.59. The highest BCUT2D eigenvalue weighted by atomic mass is 15.3. The zero-order valence-electron chi connectivity index (χ0n) is 19.0. The van der Waals surface area contributed by atoms with Gasteiger partial charge < -0.3 is 10.2 Å². The molecule has 7 heteroatoms. The molecule has 0 saturated carbocycles. The molecule has 166 valence electrons. The smallest absolute Gasteiger partial charge is 0.159 e. The first-order chi connectivity index (χ1) is 16.1. The van der Waals surface area contributed by atoms with E-state index < -0.39 is 0 Å². The molecule has 0 aliphatic carbocycles. The van der Waals surface area contributed by atoms with Gasteiger partial charge in [0.2, 0.25) is 0 Å². The van der Waals surface area contributed by atoms with Crippen LogP contribution in [0, 0.1) is 18.3 Å². The van der Waals surface area contributed by atoms with Crippen molar-refractivity contribution in [3.05, 3.63) is 71.4 Å². The van der Waals surface area contributed by atoms with Gasteiger partial charge in [-0.2, -0.15) is 10.4 Å². The number of benzene rings is 2. The van der Waals surface area contributed by atoms with E-state index in [4.69, 9.17) is 0 Å². The van der Waals surface area contributed by atoms with Crippen LogP contribution in [-0.4, -0.2) is 39.1 Å². The lowest BCUT2D eigenvalue weighted by atomic mass is 10.0. The standard InChI is InChI=1S/C26H27N7/c1-18-7-8-19(16-27)15-20(18)17-28-21-10-13-33(14-11-21)26-23-6-4-3-5-22(23)25(30-31-26)24-9-12-29-32(24)2/h3-9,12,15,21,28H,10-11,13-14,17H2,1-2H3. The fourth-order valence-corrected chi connectivity index (χ4v) is 4.60. The Morgan fingerprint density at radius 3 is 2.58 bits per heavy atom. The van der Waals surface area contributed by atoms with E-state index in [-0.39, 0.29) is 0 Å². The van der Waals surface area contributed by atoms with Crippen LogP contribution >= 0.6 is 0 Å². The summed E-state index contributed by atoms with van der Waals surface area (Å²) >= 11 is 0. The number of piperidine rings is 1. The van der Waals surface area contributed by atoms with Crippen LogP contribution in [0.15, 0.2) is 54.7 Å². The number of nitriles is 1. The molecule has 1 aliphatic rings. The number of fused-ring (bicyclic) bond motifs is 1. The molecule has 5 rings (SSSR count). The predicted molar refractivity (Wildman–Crippen MR) is 130 cm³/mol. The van der Waals surface area contributed by atoms with E-state index in [0.29, 0.717) is 11.6 Å². The summed E-state index contributed by atoms with van der Waals surface area (Å²) in [5.74, 6) is 0.951. The van der Waals surface area contributed by atoms with Crippen LogP contribution in [0.1, 0.15) is 29.5 Å². The van der Waals surface area contributed by atoms with Gasteiger partial charge in [0.15, 0.2) is 5.82 Å². The first kappa shape index (κ1) is 21.1. The lowest BCUT2D eigenvalue weighted by Gasteiger charge is -2.33. The molecular weight excluding hydrogens is 410 g/mol. The SMILES string of the molecule is Cc1ccc(C#N)cc1CNC1CCN(c2nnc(-c3ccnn3C)c3ccccc23)CC1. The average molecular weight is 438 g/mol. The number of hydrogen-bond donors (Lipinski definition) is 1. The van der Waals surface area contributed by atoms with Crippen LogP contribution in [0.2, 0.25) is 0 Å². The van der Waals surface area contributed by atoms with Gasteiger partial charge in [-0.25, -0.2) is 0 Å². The highest BCUT2D eigenvalue weighted by molar-refractivity contribution is 5.99. The molecule has 3 heterocycles. The van der Waals surface area contributed by atoms with Crippen molar-refractivity contribution in [2.75, 3.05) is 18.0 Å². The Labute approximate surface area is 193 Å². The normalized spacial score (nSPS) is 14.5. The summed E-state index contributed by atoms with van der Waals surface area (Å²) in [5, 5.41) is 28.7. The van der Waals surface area contributed by atoms with Crippen molar-refractivity contribution in [3.8, 4) is 17.5 Å². The Morgan fingerprint density at radius 1 is 1.06 bits per heavy atom. The van der Waals surface area contributed by atoms with Gasteiger partial charge in [-0.1, -0.05) is 30.3 Å². The van der Waals surface area contributed by atoms with Crippen molar-refractivity contribution < 1.29 is 0 Å². The topological polar surface area (TPSA) is 82.7 Å². The second kappa shape index (κ2) is 9.00. The minimum atomic E-state index is 0.444. The van der Waals surface area contributed by atoms with Gasteiger partial charge in [-0.15, -0.1) is 10.2 Å². The molecule has 1 fully saturated rings. The number of hydrogen-bond acceptors (Lipinski definition) is 6. The summed E-state index contributed by atoms with van der Waals surface area (Å²) in [6.45, 7) is 4.74. The largest absolute Gasteiger partial charge is 0.354 e. The maximum absolute atomic E-state index is 9.18. The van der Waals surface area contributed by atoms with Crippen LogP contribution in [0.5, 0.6) is 0 Å². The van der Waals surface area contributed by atoms with Gasteiger partial charge in [0, 0.05) is 49.7 Å². The van der Waals surface area contributed by atoms with Gasteiger partial charge in [0.1, 0.15) is 5.69 Å². The summed E-state index contributed by atoms with van der Waals surface area (Å²) < 4.78 is 1.83. The lowest BCUT2D eigenvalue weighted by molar-refractivity contribution is 0.412. The number of nitrogens with one attached hydrogen (secondary N) is 1. The van der Waals surface area contributed by atoms with Gasteiger partial charge in [0.05, 0.1) is 17.3 Å². The Balaban J connectivity index is 1.30. The molecule has 2 aromatic heterocycles. The molecule has 1 saturated heterocycles. The van der Waals surface area contributed by atoms with Crippen LogP contribution in [-0.2, 0) is 13.6 Å². The highest BCUT2D eigenvalue weighted by Crippen LogP contribution is 2.32. The molecule has 33 heavy (non-hydrogen) atoms. The summed E-state index contributed by atoms with van der Waals surface area (Å²) in [6, 6.07) is 18.9. The summed E-state index contributed by atoms with van der Waals surface area (Å²) in [4.78, 5) is 2.35. The molecule has 2 aromatic carbocycles. The van der Waals surface area contributed by atoms with Gasteiger partial charge in [-0.05, 0) is 49.1 Å². The van der Waals surface area contributed by atoms with Crippen LogP contribution in [0.3, 0.4) is 0 Å². The minimum Gasteiger partial charge on any atom is -0.354 e. The van der Waals surface area contributed by atoms with E-state index >= 15 is 0 Å². The Morgan fingerprint density at radius 2 is 1.85 bits per heavy atom. The van der Waals surface area contributed by atoms with E-state index in [1.54, 1.807) is 6.20 Å². The fourth-order valence-electron chi connectivity index (χ4n) is 4.60. The Kier molecular flexibility index (Phi) is 5.76. The monoisotopic (exact) mass is 437 g/mol. The molecule has 0 radical (unpaired) electrons. The van der Waals surface area contributed by atoms with Gasteiger partial charge >= 0.3 is 0 Å². The van der Waals surface area contributed by atoms with Crippen molar-refractivity contribution in [1.82, 2.24) is 25.3 Å². The lowest BCUT2D eigenvalue weighted by Crippen LogP contribution is -2.42. The van der Waals surface area contributed by atoms with Gasteiger partial charge in [-0.3, -0.25) is 4.68 Å². The first-order valence-corrected chi connectivity index (χ1v) is 11.4. The molecule has 0 amide bonds. The summed E-state index contributed by atoms with van der Waals surface area (Å²) in [5.41, 5.74) is 4.95. The zero-order chi connectivity index (χ0) is 22.8. The number of aromatic nitrogens is 4. The quantitative estimate of drug-likeness (QED) is 0.509. The van der Waals surface area contributed by atoms with Crippen molar-refractivity contribution in [3.63, 3.8) is 0 Å². The summed E-state index contributed by atoms with van der Waals surface area (Å²) in [6.07, 6.45) is 3.86. The minimum absolute atomic E-state index is 0.444. The Hall–Kier alpha value is -3.76. The molecule has 0 unspecified atom stereocenters. The highest BCUT2D eigenvalue weighted by Gasteiger charge is 2.23. The van der Waals surface area contributed by atoms with Crippen molar-refractivity contribution >= 4 is 16.6 Å². The summed E-state index contributed by atoms with van der Waals surface area (Å²) in [7, 11) is 1.93. The number of aryl methyl sites for hydroxylation is 2. The maximum Gasteiger partial charge on any atom is 0.159 e. The molecule has 1 N–H and O–H groups in total. The Bertz CT molecular complexity index is 1330. The maximum atomic E-state index is 9.18. The molecule has 7 nitrogen and oxygen atoms in total. The molecule has 0 bridgehead atoms. The molecule has 4 aromatic rings.